The van der Waals surface area contributed by atoms with E-state index in [9.17, 15) is 4.79 Å². The number of carbonyl (C=O) groups is 1. The van der Waals surface area contributed by atoms with Crippen molar-refractivity contribution >= 4 is 17.5 Å². The predicted octanol–water partition coefficient (Wildman–Crippen LogP) is 2.91. The molecule has 1 aromatic rings. The van der Waals surface area contributed by atoms with Crippen molar-refractivity contribution in [1.82, 2.24) is 10.6 Å². The summed E-state index contributed by atoms with van der Waals surface area (Å²) in [6.45, 7) is 4.04. The Labute approximate surface area is 119 Å². The van der Waals surface area contributed by atoms with Crippen molar-refractivity contribution in [2.75, 3.05) is 13.1 Å². The maximum atomic E-state index is 12.0. The first-order chi connectivity index (χ1) is 9.15. The van der Waals surface area contributed by atoms with E-state index < -0.39 is 0 Å². The minimum Gasteiger partial charge on any atom is -0.350 e. The van der Waals surface area contributed by atoms with Gasteiger partial charge >= 0.3 is 0 Å². The van der Waals surface area contributed by atoms with Gasteiger partial charge in [0.05, 0.1) is 6.04 Å². The first-order valence-electron chi connectivity index (χ1n) is 6.90. The van der Waals surface area contributed by atoms with Crippen LogP contribution in [0.3, 0.4) is 0 Å². The molecule has 0 aliphatic carbocycles. The van der Waals surface area contributed by atoms with Gasteiger partial charge in [-0.3, -0.25) is 4.79 Å². The van der Waals surface area contributed by atoms with Crippen LogP contribution in [0.4, 0.5) is 0 Å². The first kappa shape index (κ1) is 14.4. The molecule has 2 atom stereocenters. The molecule has 1 saturated heterocycles. The number of nitrogens with one attached hydrogen (secondary N) is 2. The van der Waals surface area contributed by atoms with Crippen LogP contribution < -0.4 is 10.6 Å². The van der Waals surface area contributed by atoms with Gasteiger partial charge in [0, 0.05) is 11.4 Å². The molecule has 2 unspecified atom stereocenters. The number of halogens is 1. The molecular formula is C15H21ClN2O. The summed E-state index contributed by atoms with van der Waals surface area (Å²) in [5.74, 6) is 0.613. The van der Waals surface area contributed by atoms with Crippen molar-refractivity contribution in [3.05, 3.63) is 34.9 Å². The molecule has 1 aliphatic heterocycles. The zero-order chi connectivity index (χ0) is 13.7. The van der Waals surface area contributed by atoms with Crippen LogP contribution in [0.5, 0.6) is 0 Å². The van der Waals surface area contributed by atoms with Gasteiger partial charge in [-0.25, -0.2) is 0 Å². The lowest BCUT2D eigenvalue weighted by Gasteiger charge is -2.23. The van der Waals surface area contributed by atoms with E-state index in [4.69, 9.17) is 11.6 Å². The predicted molar refractivity (Wildman–Crippen MR) is 78.2 cm³/mol. The molecule has 2 rings (SSSR count). The maximum absolute atomic E-state index is 12.0. The molecule has 1 aliphatic rings. The second-order valence-electron chi connectivity index (χ2n) is 5.26. The van der Waals surface area contributed by atoms with Gasteiger partial charge in [-0.1, -0.05) is 23.7 Å². The van der Waals surface area contributed by atoms with Crippen LogP contribution in [-0.4, -0.2) is 19.0 Å². The lowest BCUT2D eigenvalue weighted by Crippen LogP contribution is -2.35. The minimum atomic E-state index is 0.0290. The maximum Gasteiger partial charge on any atom is 0.220 e. The van der Waals surface area contributed by atoms with Crippen molar-refractivity contribution in [1.29, 1.82) is 0 Å². The second kappa shape index (κ2) is 6.92. The zero-order valence-electron chi connectivity index (χ0n) is 11.3. The summed E-state index contributed by atoms with van der Waals surface area (Å²) in [5, 5.41) is 7.11. The Kier molecular flexibility index (Phi) is 5.23. The fraction of sp³-hybridized carbons (Fsp3) is 0.533. The van der Waals surface area contributed by atoms with Crippen LogP contribution in [0.2, 0.25) is 5.02 Å². The van der Waals surface area contributed by atoms with Gasteiger partial charge in [0.2, 0.25) is 5.91 Å². The fourth-order valence-corrected chi connectivity index (χ4v) is 2.62. The van der Waals surface area contributed by atoms with Gasteiger partial charge in [0.25, 0.3) is 0 Å². The number of rotatable bonds is 4. The molecule has 0 aromatic heterocycles. The summed E-state index contributed by atoms with van der Waals surface area (Å²) >= 11 is 5.86. The number of hydrogen-bond acceptors (Lipinski definition) is 2. The Balaban J connectivity index is 1.82. The van der Waals surface area contributed by atoms with Gasteiger partial charge < -0.3 is 10.6 Å². The van der Waals surface area contributed by atoms with Crippen LogP contribution in [0.1, 0.15) is 37.8 Å². The molecule has 1 aromatic carbocycles. The first-order valence-corrected chi connectivity index (χ1v) is 7.28. The SMILES string of the molecule is CC(NC(=O)CC1CCCNC1)c1ccc(Cl)cc1. The highest BCUT2D eigenvalue weighted by Gasteiger charge is 2.18. The van der Waals surface area contributed by atoms with Crippen molar-refractivity contribution in [2.24, 2.45) is 5.92 Å². The van der Waals surface area contributed by atoms with E-state index in [0.29, 0.717) is 12.3 Å². The normalized spacial score (nSPS) is 20.8. The summed E-state index contributed by atoms with van der Waals surface area (Å²) in [4.78, 5) is 12.0. The van der Waals surface area contributed by atoms with E-state index in [1.165, 1.54) is 6.42 Å². The van der Waals surface area contributed by atoms with Crippen molar-refractivity contribution in [3.63, 3.8) is 0 Å². The van der Waals surface area contributed by atoms with Crippen molar-refractivity contribution in [3.8, 4) is 0 Å². The highest BCUT2D eigenvalue weighted by molar-refractivity contribution is 6.30. The Morgan fingerprint density at radius 1 is 1.47 bits per heavy atom. The van der Waals surface area contributed by atoms with Gasteiger partial charge in [-0.15, -0.1) is 0 Å². The molecular weight excluding hydrogens is 260 g/mol. The third kappa shape index (κ3) is 4.51. The highest BCUT2D eigenvalue weighted by Crippen LogP contribution is 2.18. The zero-order valence-corrected chi connectivity index (χ0v) is 12.0. The molecule has 2 N–H and O–H groups in total. The largest absolute Gasteiger partial charge is 0.350 e. The van der Waals surface area contributed by atoms with E-state index in [2.05, 4.69) is 10.6 Å². The standard InChI is InChI=1S/C15H21ClN2O/c1-11(13-4-6-14(16)7-5-13)18-15(19)9-12-3-2-8-17-10-12/h4-7,11-12,17H,2-3,8-10H2,1H3,(H,18,19). The van der Waals surface area contributed by atoms with Crippen LogP contribution in [0, 0.1) is 5.92 Å². The Hall–Kier alpha value is -1.06. The monoisotopic (exact) mass is 280 g/mol. The van der Waals surface area contributed by atoms with Gasteiger partial charge in [0.1, 0.15) is 0 Å². The van der Waals surface area contributed by atoms with Crippen LogP contribution in [0.15, 0.2) is 24.3 Å². The number of carbonyl (C=O) groups excluding carboxylic acids is 1. The Morgan fingerprint density at radius 2 is 2.21 bits per heavy atom. The van der Waals surface area contributed by atoms with Gasteiger partial charge in [-0.05, 0) is 56.5 Å². The highest BCUT2D eigenvalue weighted by atomic mass is 35.5. The summed E-state index contributed by atoms with van der Waals surface area (Å²) in [7, 11) is 0. The number of benzene rings is 1. The van der Waals surface area contributed by atoms with Gasteiger partial charge in [0.15, 0.2) is 0 Å². The fourth-order valence-electron chi connectivity index (χ4n) is 2.50. The smallest absolute Gasteiger partial charge is 0.220 e. The number of amides is 1. The molecule has 0 bridgehead atoms. The van der Waals surface area contributed by atoms with E-state index in [1.807, 2.05) is 31.2 Å². The van der Waals surface area contributed by atoms with Crippen molar-refractivity contribution in [2.45, 2.75) is 32.2 Å². The van der Waals surface area contributed by atoms with Crippen LogP contribution >= 0.6 is 11.6 Å². The lowest BCUT2D eigenvalue weighted by atomic mass is 9.95. The quantitative estimate of drug-likeness (QED) is 0.890. The summed E-state index contributed by atoms with van der Waals surface area (Å²) in [6.07, 6.45) is 2.94. The Bertz CT molecular complexity index is 413. The molecule has 0 spiro atoms. The topological polar surface area (TPSA) is 41.1 Å². The van der Waals surface area contributed by atoms with Crippen LogP contribution in [0.25, 0.3) is 0 Å². The van der Waals surface area contributed by atoms with Crippen molar-refractivity contribution < 1.29 is 4.79 Å². The molecule has 104 valence electrons. The average Bonchev–Trinajstić information content (AvgIpc) is 2.40. The molecule has 1 fully saturated rings. The summed E-state index contributed by atoms with van der Waals surface area (Å²) in [5.41, 5.74) is 1.08. The van der Waals surface area contributed by atoms with Crippen LogP contribution in [-0.2, 0) is 4.79 Å². The number of hydrogen-bond donors (Lipinski definition) is 2. The third-order valence-corrected chi connectivity index (χ3v) is 3.87. The molecule has 19 heavy (non-hydrogen) atoms. The lowest BCUT2D eigenvalue weighted by molar-refractivity contribution is -0.122. The number of piperidine rings is 1. The Morgan fingerprint density at radius 3 is 2.84 bits per heavy atom. The van der Waals surface area contributed by atoms with E-state index >= 15 is 0 Å². The molecule has 1 heterocycles. The molecule has 0 radical (unpaired) electrons. The summed E-state index contributed by atoms with van der Waals surface area (Å²) < 4.78 is 0. The second-order valence-corrected chi connectivity index (χ2v) is 5.69. The molecule has 3 nitrogen and oxygen atoms in total. The minimum absolute atomic E-state index is 0.0290. The third-order valence-electron chi connectivity index (χ3n) is 3.62. The van der Waals surface area contributed by atoms with Gasteiger partial charge in [-0.2, -0.15) is 0 Å². The molecule has 4 heteroatoms. The summed E-state index contributed by atoms with van der Waals surface area (Å²) in [6, 6.07) is 7.64. The van der Waals surface area contributed by atoms with E-state index in [1.54, 1.807) is 0 Å². The van der Waals surface area contributed by atoms with E-state index in [-0.39, 0.29) is 11.9 Å². The molecule has 0 saturated carbocycles. The molecule has 1 amide bonds. The average molecular weight is 281 g/mol. The van der Waals surface area contributed by atoms with E-state index in [0.717, 1.165) is 30.1 Å².